The molecular weight excluding hydrogens is 333 g/mol. The second-order valence-corrected chi connectivity index (χ2v) is 3.73. The monoisotopic (exact) mass is 339 g/mol. The van der Waals surface area contributed by atoms with Crippen LogP contribution in [0.5, 0.6) is 6.01 Å². The van der Waals surface area contributed by atoms with Crippen LogP contribution in [0, 0.1) is 0 Å². The van der Waals surface area contributed by atoms with Gasteiger partial charge in [-0.2, -0.15) is 4.98 Å². The molecule has 2 heterocycles. The van der Waals surface area contributed by atoms with Gasteiger partial charge in [-0.1, -0.05) is 18.2 Å². The van der Waals surface area contributed by atoms with Crippen LogP contribution >= 0.6 is 23.0 Å². The maximum atomic E-state index is 5.21. The van der Waals surface area contributed by atoms with Crippen LogP contribution in [0.4, 0.5) is 0 Å². The van der Waals surface area contributed by atoms with Crippen molar-refractivity contribution >= 4 is 34.2 Å². The van der Waals surface area contributed by atoms with E-state index in [9.17, 15) is 0 Å². The summed E-state index contributed by atoms with van der Waals surface area (Å²) in [4.78, 5) is 4.28. The highest BCUT2D eigenvalue weighted by Gasteiger charge is 2.14. The fourth-order valence-corrected chi connectivity index (χ4v) is 1.90. The predicted octanol–water partition coefficient (Wildman–Crippen LogP) is 1.94. The van der Waals surface area contributed by atoms with Gasteiger partial charge in [0.1, 0.15) is 5.52 Å². The summed E-state index contributed by atoms with van der Waals surface area (Å²) in [6, 6.07) is 10.2. The molecule has 0 aliphatic rings. The lowest BCUT2D eigenvalue weighted by Crippen LogP contribution is -1.98. The van der Waals surface area contributed by atoms with E-state index in [1.165, 1.54) is 0 Å². The maximum Gasteiger partial charge on any atom is 0.313 e. The fourth-order valence-electron chi connectivity index (χ4n) is 1.60. The first kappa shape index (κ1) is 10.4. The predicted molar refractivity (Wildman–Crippen MR) is 69.1 cm³/mol. The molecule has 0 saturated carbocycles. The minimum Gasteiger partial charge on any atom is -0.393 e. The number of aromatic nitrogens is 5. The Balaban J connectivity index is 2.34. The Morgan fingerprint density at radius 1 is 1.18 bits per heavy atom. The van der Waals surface area contributed by atoms with Gasteiger partial charge < -0.3 is 3.07 Å². The van der Waals surface area contributed by atoms with Crippen LogP contribution in [0.25, 0.3) is 16.9 Å². The van der Waals surface area contributed by atoms with Crippen molar-refractivity contribution < 1.29 is 3.07 Å². The lowest BCUT2D eigenvalue weighted by atomic mass is 10.3. The van der Waals surface area contributed by atoms with E-state index in [-0.39, 0.29) is 0 Å². The van der Waals surface area contributed by atoms with Gasteiger partial charge in [-0.25, -0.2) is 4.57 Å². The summed E-state index contributed by atoms with van der Waals surface area (Å²) in [5, 5.41) is 11.3. The van der Waals surface area contributed by atoms with Gasteiger partial charge in [0.15, 0.2) is 28.7 Å². The van der Waals surface area contributed by atoms with Crippen LogP contribution < -0.4 is 3.07 Å². The molecule has 84 valence electrons. The third kappa shape index (κ3) is 1.71. The molecule has 0 saturated heterocycles. The number of imidazole rings is 1. The molecule has 0 atom stereocenters. The van der Waals surface area contributed by atoms with Crippen LogP contribution in [0.2, 0.25) is 0 Å². The molecule has 2 aromatic heterocycles. The highest BCUT2D eigenvalue weighted by atomic mass is 127. The average Bonchev–Trinajstić information content (AvgIpc) is 2.78. The van der Waals surface area contributed by atoms with E-state index in [1.807, 2.05) is 30.3 Å². The second-order valence-electron chi connectivity index (χ2n) is 3.29. The summed E-state index contributed by atoms with van der Waals surface area (Å²) in [7, 11) is 0. The van der Waals surface area contributed by atoms with Crippen molar-refractivity contribution in [2.45, 2.75) is 0 Å². The second kappa shape index (κ2) is 4.24. The minimum absolute atomic E-state index is 0.453. The van der Waals surface area contributed by atoms with Gasteiger partial charge in [0.05, 0.1) is 11.9 Å². The van der Waals surface area contributed by atoms with Crippen LogP contribution in [0.1, 0.15) is 0 Å². The van der Waals surface area contributed by atoms with Gasteiger partial charge in [0, 0.05) is 0 Å². The average molecular weight is 339 g/mol. The fraction of sp³-hybridized carbons (Fsp3) is 0. The van der Waals surface area contributed by atoms with E-state index in [0.29, 0.717) is 17.2 Å². The quantitative estimate of drug-likeness (QED) is 0.668. The van der Waals surface area contributed by atoms with Gasteiger partial charge in [-0.3, -0.25) is 0 Å². The molecule has 7 heteroatoms. The third-order valence-electron chi connectivity index (χ3n) is 2.30. The summed E-state index contributed by atoms with van der Waals surface area (Å²) in [5.41, 5.74) is 2.19. The molecule has 0 unspecified atom stereocenters. The molecule has 6 nitrogen and oxygen atoms in total. The number of hydrogen-bond acceptors (Lipinski definition) is 5. The minimum atomic E-state index is 0.453. The molecule has 0 fully saturated rings. The summed E-state index contributed by atoms with van der Waals surface area (Å²) in [5.74, 6) is 0. The zero-order valence-electron chi connectivity index (χ0n) is 8.49. The molecule has 3 aromatic rings. The third-order valence-corrected chi connectivity index (χ3v) is 2.70. The Labute approximate surface area is 110 Å². The van der Waals surface area contributed by atoms with E-state index in [0.717, 1.165) is 5.69 Å². The van der Waals surface area contributed by atoms with Crippen LogP contribution in [0.15, 0.2) is 36.5 Å². The zero-order chi connectivity index (χ0) is 11.7. The molecule has 0 radical (unpaired) electrons. The van der Waals surface area contributed by atoms with Crippen molar-refractivity contribution in [3.8, 4) is 11.7 Å². The van der Waals surface area contributed by atoms with Crippen molar-refractivity contribution in [2.24, 2.45) is 0 Å². The van der Waals surface area contributed by atoms with Gasteiger partial charge in [0.25, 0.3) is 0 Å². The summed E-state index contributed by atoms with van der Waals surface area (Å²) in [6.45, 7) is 0. The normalized spacial score (nSPS) is 10.6. The van der Waals surface area contributed by atoms with Crippen molar-refractivity contribution in [2.75, 3.05) is 0 Å². The van der Waals surface area contributed by atoms with E-state index in [2.05, 4.69) is 20.4 Å². The Morgan fingerprint density at radius 3 is 2.76 bits per heavy atom. The van der Waals surface area contributed by atoms with Crippen LogP contribution in [-0.2, 0) is 0 Å². The van der Waals surface area contributed by atoms with Gasteiger partial charge in [0.2, 0.25) is 0 Å². The topological polar surface area (TPSA) is 65.7 Å². The zero-order valence-corrected chi connectivity index (χ0v) is 10.6. The molecule has 17 heavy (non-hydrogen) atoms. The number of fused-ring (bicyclic) bond motifs is 1. The molecule has 0 aliphatic heterocycles. The largest absolute Gasteiger partial charge is 0.393 e. The highest BCUT2D eigenvalue weighted by molar-refractivity contribution is 14.1. The number of rotatable bonds is 2. The molecular formula is C10H6IN5O. The Kier molecular flexibility index (Phi) is 2.59. The Hall–Kier alpha value is -1.77. The molecule has 3 rings (SSSR count). The van der Waals surface area contributed by atoms with Crippen LogP contribution in [-0.4, -0.2) is 25.0 Å². The number of benzene rings is 1. The molecule has 0 bridgehead atoms. The maximum absolute atomic E-state index is 5.21. The molecule has 1 aromatic carbocycles. The standard InChI is InChI=1S/C10H6IN5O/c11-17-10-13-8-6-12-15-14-9(8)16(10)7-4-2-1-3-5-7/h1-6H. The summed E-state index contributed by atoms with van der Waals surface area (Å²) < 4.78 is 7.00. The molecule has 0 spiro atoms. The van der Waals surface area contributed by atoms with Crippen molar-refractivity contribution in [1.29, 1.82) is 0 Å². The van der Waals surface area contributed by atoms with Crippen molar-refractivity contribution in [3.05, 3.63) is 36.5 Å². The van der Waals surface area contributed by atoms with Gasteiger partial charge >= 0.3 is 6.01 Å². The smallest absolute Gasteiger partial charge is 0.313 e. The van der Waals surface area contributed by atoms with Crippen molar-refractivity contribution in [1.82, 2.24) is 25.0 Å². The van der Waals surface area contributed by atoms with Gasteiger partial charge in [-0.15, -0.1) is 10.2 Å². The van der Waals surface area contributed by atoms with Crippen LogP contribution in [0.3, 0.4) is 0 Å². The van der Waals surface area contributed by atoms with E-state index >= 15 is 0 Å². The summed E-state index contributed by atoms with van der Waals surface area (Å²) >= 11 is 1.79. The highest BCUT2D eigenvalue weighted by Crippen LogP contribution is 2.24. The number of nitrogens with zero attached hydrogens (tertiary/aromatic N) is 5. The first-order chi connectivity index (χ1) is 8.40. The lowest BCUT2D eigenvalue weighted by molar-refractivity contribution is 0.632. The molecule has 0 aliphatic carbocycles. The Morgan fingerprint density at radius 2 is 2.00 bits per heavy atom. The number of halogens is 1. The SMILES string of the molecule is IOc1nc2cnnnc2n1-c1ccccc1. The Bertz CT molecular complexity index is 654. The summed E-state index contributed by atoms with van der Waals surface area (Å²) in [6.07, 6.45) is 1.56. The number of para-hydroxylation sites is 1. The first-order valence-electron chi connectivity index (χ1n) is 4.81. The van der Waals surface area contributed by atoms with E-state index in [4.69, 9.17) is 3.07 Å². The number of hydrogen-bond donors (Lipinski definition) is 0. The first-order valence-corrected chi connectivity index (χ1v) is 5.69. The van der Waals surface area contributed by atoms with Crippen molar-refractivity contribution in [3.63, 3.8) is 0 Å². The molecule has 0 amide bonds. The van der Waals surface area contributed by atoms with E-state index in [1.54, 1.807) is 33.8 Å². The van der Waals surface area contributed by atoms with E-state index < -0.39 is 0 Å². The lowest BCUT2D eigenvalue weighted by Gasteiger charge is -2.04. The molecule has 0 N–H and O–H groups in total. The van der Waals surface area contributed by atoms with Gasteiger partial charge in [-0.05, 0) is 17.3 Å².